The van der Waals surface area contributed by atoms with Crippen LogP contribution >= 0.6 is 24.0 Å². The molecule has 0 aliphatic carbocycles. The van der Waals surface area contributed by atoms with E-state index < -0.39 is 0 Å². The van der Waals surface area contributed by atoms with Crippen molar-refractivity contribution in [1.29, 1.82) is 0 Å². The van der Waals surface area contributed by atoms with Gasteiger partial charge in [-0.25, -0.2) is 0 Å². The van der Waals surface area contributed by atoms with Crippen LogP contribution in [0.1, 0.15) is 39.7 Å². The number of para-hydroxylation sites is 1. The minimum Gasteiger partial charge on any atom is -0.344 e. The van der Waals surface area contributed by atoms with Crippen LogP contribution in [-0.4, -0.2) is 28.2 Å². The van der Waals surface area contributed by atoms with E-state index in [9.17, 15) is 4.79 Å². The number of hydrogen-bond donors (Lipinski definition) is 0. The number of benzene rings is 1. The molecule has 0 N–H and O–H groups in total. The largest absolute Gasteiger partial charge is 0.344 e. The second-order valence-electron chi connectivity index (χ2n) is 6.79. The normalized spacial score (nSPS) is 22.4. The summed E-state index contributed by atoms with van der Waals surface area (Å²) in [6.45, 7) is 10.3. The number of fused-ring (bicyclic) bond motifs is 1. The molecule has 1 amide bonds. The molecule has 3 rings (SSSR count). The fraction of sp³-hybridized carbons (Fsp3) is 0.400. The lowest BCUT2D eigenvalue weighted by Crippen LogP contribution is -2.28. The zero-order valence-corrected chi connectivity index (χ0v) is 16.8. The zero-order chi connectivity index (χ0) is 18.2. The summed E-state index contributed by atoms with van der Waals surface area (Å²) in [5.74, 6) is 0.0325. The van der Waals surface area contributed by atoms with Crippen molar-refractivity contribution in [3.8, 4) is 0 Å². The molecule has 0 aromatic heterocycles. The van der Waals surface area contributed by atoms with Crippen molar-refractivity contribution >= 4 is 39.9 Å². The van der Waals surface area contributed by atoms with E-state index in [4.69, 9.17) is 12.2 Å². The first-order valence-electron chi connectivity index (χ1n) is 8.75. The van der Waals surface area contributed by atoms with Gasteiger partial charge in [-0.2, -0.15) is 0 Å². The Kier molecular flexibility index (Phi) is 5.07. The number of rotatable bonds is 4. The molecule has 1 aromatic carbocycles. The Morgan fingerprint density at radius 1 is 1.16 bits per heavy atom. The van der Waals surface area contributed by atoms with Crippen molar-refractivity contribution in [3.63, 3.8) is 0 Å². The van der Waals surface area contributed by atoms with E-state index in [-0.39, 0.29) is 11.3 Å². The molecule has 0 spiro atoms. The number of likely N-dealkylation sites (N-methyl/N-ethyl adjacent to an activating group) is 1. The predicted molar refractivity (Wildman–Crippen MR) is 111 cm³/mol. The molecule has 25 heavy (non-hydrogen) atoms. The molecule has 2 aliphatic heterocycles. The highest BCUT2D eigenvalue weighted by molar-refractivity contribution is 8.26. The summed E-state index contributed by atoms with van der Waals surface area (Å²) in [5, 5.41) is 0. The maximum Gasteiger partial charge on any atom is 0.266 e. The van der Waals surface area contributed by atoms with E-state index in [1.54, 1.807) is 4.90 Å². The van der Waals surface area contributed by atoms with E-state index in [1.165, 1.54) is 28.7 Å². The number of thioether (sulfide) groups is 1. The van der Waals surface area contributed by atoms with Crippen LogP contribution in [0.3, 0.4) is 0 Å². The molecule has 3 nitrogen and oxygen atoms in total. The second-order valence-corrected chi connectivity index (χ2v) is 8.47. The Labute approximate surface area is 159 Å². The van der Waals surface area contributed by atoms with Gasteiger partial charge in [-0.05, 0) is 37.1 Å². The maximum atomic E-state index is 12.5. The summed E-state index contributed by atoms with van der Waals surface area (Å²) in [6, 6.07) is 8.53. The van der Waals surface area contributed by atoms with Crippen LogP contribution in [-0.2, 0) is 10.2 Å². The van der Waals surface area contributed by atoms with Crippen LogP contribution < -0.4 is 4.90 Å². The van der Waals surface area contributed by atoms with Crippen LogP contribution in [0.4, 0.5) is 5.69 Å². The number of hydrogen-bond acceptors (Lipinski definition) is 4. The molecule has 1 saturated heterocycles. The third-order valence-electron chi connectivity index (χ3n) is 4.83. The molecule has 1 aromatic rings. The Balaban J connectivity index is 1.96. The van der Waals surface area contributed by atoms with Crippen molar-refractivity contribution in [3.05, 3.63) is 52.6 Å². The van der Waals surface area contributed by atoms with Gasteiger partial charge in [0, 0.05) is 29.9 Å². The number of anilines is 1. The van der Waals surface area contributed by atoms with Gasteiger partial charge in [0.15, 0.2) is 0 Å². The van der Waals surface area contributed by atoms with Crippen molar-refractivity contribution in [2.45, 2.75) is 39.5 Å². The fourth-order valence-electron chi connectivity index (χ4n) is 3.57. The van der Waals surface area contributed by atoms with Gasteiger partial charge in [-0.1, -0.05) is 63.0 Å². The lowest BCUT2D eigenvalue weighted by molar-refractivity contribution is -0.122. The van der Waals surface area contributed by atoms with Gasteiger partial charge in [0.2, 0.25) is 0 Å². The molecule has 132 valence electrons. The Morgan fingerprint density at radius 3 is 2.56 bits per heavy atom. The molecule has 0 unspecified atom stereocenters. The van der Waals surface area contributed by atoms with E-state index in [2.05, 4.69) is 62.9 Å². The summed E-state index contributed by atoms with van der Waals surface area (Å²) in [4.78, 5) is 17.3. The lowest BCUT2D eigenvalue weighted by atomic mass is 9.84. The van der Waals surface area contributed by atoms with Gasteiger partial charge in [0.1, 0.15) is 4.32 Å². The number of carbonyl (C=O) groups excluding carboxylic acids is 1. The Bertz CT molecular complexity index is 780. The SMILES string of the molecule is CCCN1C(=O)/C(=C\C=C2\N(CC)c3ccccc3C2(C)C)SC1=S. The van der Waals surface area contributed by atoms with Crippen molar-refractivity contribution in [2.75, 3.05) is 18.0 Å². The average Bonchev–Trinajstić information content (AvgIpc) is 2.98. The molecule has 5 heteroatoms. The highest BCUT2D eigenvalue weighted by Gasteiger charge is 2.39. The number of thiocarbonyl (C=S) groups is 1. The third kappa shape index (κ3) is 3.04. The van der Waals surface area contributed by atoms with Crippen LogP contribution in [0.25, 0.3) is 0 Å². The highest BCUT2D eigenvalue weighted by atomic mass is 32.2. The summed E-state index contributed by atoms with van der Waals surface area (Å²) >= 11 is 6.76. The van der Waals surface area contributed by atoms with E-state index in [1.807, 2.05) is 6.08 Å². The summed E-state index contributed by atoms with van der Waals surface area (Å²) in [7, 11) is 0. The maximum absolute atomic E-state index is 12.5. The van der Waals surface area contributed by atoms with E-state index >= 15 is 0 Å². The summed E-state index contributed by atoms with van der Waals surface area (Å²) in [5.41, 5.74) is 3.72. The number of amides is 1. The van der Waals surface area contributed by atoms with Crippen LogP contribution in [0.5, 0.6) is 0 Å². The number of allylic oxidation sites excluding steroid dienone is 3. The van der Waals surface area contributed by atoms with Crippen molar-refractivity contribution in [2.24, 2.45) is 0 Å². The van der Waals surface area contributed by atoms with Gasteiger partial charge >= 0.3 is 0 Å². The number of carbonyl (C=O) groups is 1. The second kappa shape index (κ2) is 6.96. The van der Waals surface area contributed by atoms with Crippen LogP contribution in [0, 0.1) is 0 Å². The van der Waals surface area contributed by atoms with Gasteiger partial charge < -0.3 is 4.90 Å². The lowest BCUT2D eigenvalue weighted by Gasteiger charge is -2.25. The monoisotopic (exact) mass is 372 g/mol. The zero-order valence-electron chi connectivity index (χ0n) is 15.2. The smallest absolute Gasteiger partial charge is 0.266 e. The molecular formula is C20H24N2OS2. The molecule has 2 heterocycles. The average molecular weight is 373 g/mol. The molecule has 0 saturated carbocycles. The molecule has 0 radical (unpaired) electrons. The molecule has 0 atom stereocenters. The van der Waals surface area contributed by atoms with E-state index in [0.29, 0.717) is 15.8 Å². The van der Waals surface area contributed by atoms with Crippen LogP contribution in [0.15, 0.2) is 47.0 Å². The summed E-state index contributed by atoms with van der Waals surface area (Å²) in [6.07, 6.45) is 4.95. The Morgan fingerprint density at radius 2 is 1.88 bits per heavy atom. The molecular weight excluding hydrogens is 348 g/mol. The van der Waals surface area contributed by atoms with Gasteiger partial charge in [0.25, 0.3) is 5.91 Å². The van der Waals surface area contributed by atoms with Gasteiger partial charge in [0.05, 0.1) is 4.91 Å². The van der Waals surface area contributed by atoms with Crippen LogP contribution in [0.2, 0.25) is 0 Å². The minimum atomic E-state index is -0.0837. The predicted octanol–water partition coefficient (Wildman–Crippen LogP) is 4.84. The van der Waals surface area contributed by atoms with Crippen molar-refractivity contribution in [1.82, 2.24) is 4.90 Å². The molecule has 0 bridgehead atoms. The van der Waals surface area contributed by atoms with Gasteiger partial charge in [-0.3, -0.25) is 9.69 Å². The summed E-state index contributed by atoms with van der Waals surface area (Å²) < 4.78 is 0.665. The highest BCUT2D eigenvalue weighted by Crippen LogP contribution is 2.47. The topological polar surface area (TPSA) is 23.6 Å². The standard InChI is InChI=1S/C20H24N2OS2/c1-5-13-22-18(23)16(25-19(22)24)11-12-17-20(3,4)14-9-7-8-10-15(14)21(17)6-2/h7-12H,5-6,13H2,1-4H3/b16-11+,17-12+. The first-order valence-corrected chi connectivity index (χ1v) is 9.97. The number of nitrogens with zero attached hydrogens (tertiary/aromatic N) is 2. The van der Waals surface area contributed by atoms with E-state index in [0.717, 1.165) is 13.0 Å². The first kappa shape index (κ1) is 18.2. The molecule has 2 aliphatic rings. The quantitative estimate of drug-likeness (QED) is 0.557. The Hall–Kier alpha value is -1.59. The third-order valence-corrected chi connectivity index (χ3v) is 6.22. The minimum absolute atomic E-state index is 0.0325. The first-order chi connectivity index (χ1) is 11.9. The van der Waals surface area contributed by atoms with Gasteiger partial charge in [-0.15, -0.1) is 0 Å². The van der Waals surface area contributed by atoms with Crippen molar-refractivity contribution < 1.29 is 4.79 Å². The fourth-order valence-corrected chi connectivity index (χ4v) is 4.82. The molecule has 1 fully saturated rings.